The summed E-state index contributed by atoms with van der Waals surface area (Å²) in [5.41, 5.74) is 0.909. The lowest BCUT2D eigenvalue weighted by atomic mass is 10.0. The minimum Gasteiger partial charge on any atom is -0.354 e. The summed E-state index contributed by atoms with van der Waals surface area (Å²) >= 11 is 3.44. The van der Waals surface area contributed by atoms with Crippen LogP contribution in [-0.2, 0) is 9.59 Å². The van der Waals surface area contributed by atoms with Crippen molar-refractivity contribution in [2.24, 2.45) is 5.41 Å². The molecule has 2 rings (SSSR count). The van der Waals surface area contributed by atoms with Gasteiger partial charge in [-0.1, -0.05) is 6.07 Å². The van der Waals surface area contributed by atoms with Crippen molar-refractivity contribution in [2.45, 2.75) is 19.8 Å². The highest BCUT2D eigenvalue weighted by atomic mass is 79.9. The number of anilines is 1. The van der Waals surface area contributed by atoms with Crippen LogP contribution in [0.1, 0.15) is 18.4 Å². The van der Waals surface area contributed by atoms with Gasteiger partial charge in [0.05, 0.1) is 5.69 Å². The van der Waals surface area contributed by atoms with Crippen LogP contribution in [0.3, 0.4) is 0 Å². The van der Waals surface area contributed by atoms with Crippen molar-refractivity contribution in [1.29, 1.82) is 0 Å². The molecule has 22 heavy (non-hydrogen) atoms. The van der Waals surface area contributed by atoms with Crippen LogP contribution in [-0.4, -0.2) is 43.9 Å². The highest BCUT2D eigenvalue weighted by Crippen LogP contribution is 2.47. The van der Waals surface area contributed by atoms with Crippen molar-refractivity contribution in [3.63, 3.8) is 0 Å². The van der Waals surface area contributed by atoms with Crippen LogP contribution in [0.4, 0.5) is 5.69 Å². The Kier molecular flexibility index (Phi) is 5.24. The Morgan fingerprint density at radius 1 is 1.27 bits per heavy atom. The van der Waals surface area contributed by atoms with E-state index >= 15 is 0 Å². The zero-order valence-electron chi connectivity index (χ0n) is 13.2. The molecule has 0 bridgehead atoms. The number of halogens is 1. The monoisotopic (exact) mass is 367 g/mol. The van der Waals surface area contributed by atoms with Gasteiger partial charge in [-0.2, -0.15) is 0 Å². The molecule has 1 aliphatic rings. The Morgan fingerprint density at radius 2 is 1.95 bits per heavy atom. The maximum atomic E-state index is 12.5. The predicted molar refractivity (Wildman–Crippen MR) is 90.7 cm³/mol. The third-order valence-corrected chi connectivity index (χ3v) is 4.49. The Hall–Kier alpha value is -1.40. The van der Waals surface area contributed by atoms with Crippen molar-refractivity contribution >= 4 is 33.4 Å². The van der Waals surface area contributed by atoms with Gasteiger partial charge in [0.25, 0.3) is 0 Å². The van der Waals surface area contributed by atoms with Crippen molar-refractivity contribution < 1.29 is 9.59 Å². The summed E-state index contributed by atoms with van der Waals surface area (Å²) in [4.78, 5) is 26.7. The van der Waals surface area contributed by atoms with E-state index in [0.29, 0.717) is 25.1 Å². The number of nitrogens with zero attached hydrogens (tertiary/aromatic N) is 1. The average molecular weight is 368 g/mol. The number of carbonyl (C=O) groups is 2. The largest absolute Gasteiger partial charge is 0.354 e. The Morgan fingerprint density at radius 3 is 2.50 bits per heavy atom. The molecule has 1 aromatic rings. The van der Waals surface area contributed by atoms with Gasteiger partial charge in [0, 0.05) is 17.6 Å². The molecule has 2 amide bonds. The lowest BCUT2D eigenvalue weighted by Gasteiger charge is -2.17. The lowest BCUT2D eigenvalue weighted by molar-refractivity contribution is -0.134. The predicted octanol–water partition coefficient (Wildman–Crippen LogP) is 2.15. The van der Waals surface area contributed by atoms with E-state index in [1.54, 1.807) is 0 Å². The molecule has 0 spiro atoms. The molecule has 1 saturated carbocycles. The van der Waals surface area contributed by atoms with Gasteiger partial charge in [0.1, 0.15) is 5.41 Å². The zero-order valence-corrected chi connectivity index (χ0v) is 14.8. The first-order chi connectivity index (χ1) is 10.3. The highest BCUT2D eigenvalue weighted by Gasteiger charge is 2.56. The number of hydrogen-bond acceptors (Lipinski definition) is 3. The smallest absolute Gasteiger partial charge is 0.240 e. The number of carbonyl (C=O) groups excluding carboxylic acids is 2. The van der Waals surface area contributed by atoms with Gasteiger partial charge in [-0.15, -0.1) is 0 Å². The molecule has 0 unspecified atom stereocenters. The molecule has 0 aromatic heterocycles. The molecule has 0 aliphatic heterocycles. The molecule has 2 N–H and O–H groups in total. The summed E-state index contributed by atoms with van der Waals surface area (Å²) in [5, 5.41) is 5.72. The first-order valence-corrected chi connectivity index (χ1v) is 8.15. The Bertz CT molecular complexity index is 583. The number of rotatable bonds is 6. The first-order valence-electron chi connectivity index (χ1n) is 7.36. The first kappa shape index (κ1) is 17.0. The molecule has 1 aromatic carbocycles. The minimum absolute atomic E-state index is 0.171. The number of likely N-dealkylation sites (N-methyl/N-ethyl adjacent to an activating group) is 1. The summed E-state index contributed by atoms with van der Waals surface area (Å²) in [6.45, 7) is 3.29. The standard InChI is InChI=1S/C16H22BrN3O2/c1-11-4-5-13(12(17)10-11)19-15(22)16(6-7-16)14(21)18-8-9-20(2)3/h4-5,10H,6-9H2,1-3H3,(H,18,21)(H,19,22). The van der Waals surface area contributed by atoms with Gasteiger partial charge in [-0.05, 0) is 67.5 Å². The van der Waals surface area contributed by atoms with E-state index in [9.17, 15) is 9.59 Å². The minimum atomic E-state index is -0.892. The van der Waals surface area contributed by atoms with Crippen LogP contribution in [0, 0.1) is 12.3 Å². The third kappa shape index (κ3) is 3.87. The van der Waals surface area contributed by atoms with Gasteiger partial charge in [-0.3, -0.25) is 9.59 Å². The molecular weight excluding hydrogens is 346 g/mol. The Balaban J connectivity index is 1.97. The maximum Gasteiger partial charge on any atom is 0.240 e. The number of hydrogen-bond donors (Lipinski definition) is 2. The summed E-state index contributed by atoms with van der Waals surface area (Å²) in [6, 6.07) is 5.71. The normalized spacial score (nSPS) is 15.5. The van der Waals surface area contributed by atoms with Gasteiger partial charge in [0.15, 0.2) is 0 Å². The highest BCUT2D eigenvalue weighted by molar-refractivity contribution is 9.10. The van der Waals surface area contributed by atoms with E-state index in [2.05, 4.69) is 26.6 Å². The van der Waals surface area contributed by atoms with Gasteiger partial charge in [0.2, 0.25) is 11.8 Å². The van der Waals surface area contributed by atoms with Crippen LogP contribution in [0.5, 0.6) is 0 Å². The molecule has 0 radical (unpaired) electrons. The second kappa shape index (κ2) is 6.79. The van der Waals surface area contributed by atoms with E-state index in [0.717, 1.165) is 16.6 Å². The molecular formula is C16H22BrN3O2. The van der Waals surface area contributed by atoms with Crippen molar-refractivity contribution in [1.82, 2.24) is 10.2 Å². The van der Waals surface area contributed by atoms with Crippen molar-refractivity contribution in [2.75, 3.05) is 32.5 Å². The summed E-state index contributed by atoms with van der Waals surface area (Å²) in [5.74, 6) is -0.394. The van der Waals surface area contributed by atoms with Crippen molar-refractivity contribution in [3.05, 3.63) is 28.2 Å². The van der Waals surface area contributed by atoms with Crippen LogP contribution in [0.15, 0.2) is 22.7 Å². The number of nitrogens with one attached hydrogen (secondary N) is 2. The topological polar surface area (TPSA) is 61.4 Å². The van der Waals surface area contributed by atoms with Gasteiger partial charge in [-0.25, -0.2) is 0 Å². The molecule has 120 valence electrons. The molecule has 5 nitrogen and oxygen atoms in total. The lowest BCUT2D eigenvalue weighted by Crippen LogP contribution is -2.42. The van der Waals surface area contributed by atoms with Crippen LogP contribution < -0.4 is 10.6 Å². The van der Waals surface area contributed by atoms with Crippen LogP contribution >= 0.6 is 15.9 Å². The quantitative estimate of drug-likeness (QED) is 0.757. The van der Waals surface area contributed by atoms with Gasteiger partial charge >= 0.3 is 0 Å². The van der Waals surface area contributed by atoms with E-state index in [1.165, 1.54) is 0 Å². The SMILES string of the molecule is Cc1ccc(NC(=O)C2(C(=O)NCCN(C)C)CC2)c(Br)c1. The fourth-order valence-electron chi connectivity index (χ4n) is 2.21. The second-order valence-electron chi connectivity index (χ2n) is 6.08. The van der Waals surface area contributed by atoms with E-state index in [1.807, 2.05) is 44.1 Å². The van der Waals surface area contributed by atoms with Crippen molar-refractivity contribution in [3.8, 4) is 0 Å². The fourth-order valence-corrected chi connectivity index (χ4v) is 2.80. The molecule has 1 fully saturated rings. The number of aryl methyl sites for hydroxylation is 1. The molecule has 0 heterocycles. The summed E-state index contributed by atoms with van der Waals surface area (Å²) in [7, 11) is 3.89. The molecule has 1 aliphatic carbocycles. The third-order valence-electron chi connectivity index (χ3n) is 3.84. The van der Waals surface area contributed by atoms with Crippen LogP contribution in [0.25, 0.3) is 0 Å². The number of amides is 2. The zero-order chi connectivity index (χ0) is 16.3. The van der Waals surface area contributed by atoms with Gasteiger partial charge < -0.3 is 15.5 Å². The Labute approximate surface area is 139 Å². The maximum absolute atomic E-state index is 12.5. The average Bonchev–Trinajstić information content (AvgIpc) is 3.23. The van der Waals surface area contributed by atoms with E-state index < -0.39 is 5.41 Å². The summed E-state index contributed by atoms with van der Waals surface area (Å²) < 4.78 is 0.824. The molecule has 0 saturated heterocycles. The molecule has 0 atom stereocenters. The van der Waals surface area contributed by atoms with Crippen LogP contribution in [0.2, 0.25) is 0 Å². The second-order valence-corrected chi connectivity index (χ2v) is 6.93. The van der Waals surface area contributed by atoms with E-state index in [4.69, 9.17) is 0 Å². The van der Waals surface area contributed by atoms with E-state index in [-0.39, 0.29) is 11.8 Å². The fraction of sp³-hybridized carbons (Fsp3) is 0.500. The molecule has 6 heteroatoms. The summed E-state index contributed by atoms with van der Waals surface area (Å²) in [6.07, 6.45) is 1.21. The number of benzene rings is 1.